The Morgan fingerprint density at radius 2 is 1.79 bits per heavy atom. The maximum absolute atomic E-state index is 9.30. The van der Waals surface area contributed by atoms with Crippen molar-refractivity contribution in [3.63, 3.8) is 0 Å². The molecule has 3 nitrogen and oxygen atoms in total. The quantitative estimate of drug-likeness (QED) is 0.829. The second kappa shape index (κ2) is 6.92. The molecule has 0 saturated heterocycles. The molecule has 108 valence electrons. The van der Waals surface area contributed by atoms with E-state index in [1.54, 1.807) is 0 Å². The first kappa shape index (κ1) is 16.0. The first-order valence-electron chi connectivity index (χ1n) is 7.01. The third kappa shape index (κ3) is 6.60. The largest absolute Gasteiger partial charge is 0.393 e. The summed E-state index contributed by atoms with van der Waals surface area (Å²) in [6, 6.07) is 8.60. The van der Waals surface area contributed by atoms with Crippen molar-refractivity contribution in [2.75, 3.05) is 18.5 Å². The second-order valence-corrected chi connectivity index (χ2v) is 6.33. The number of rotatable bonds is 6. The number of aliphatic hydroxyl groups excluding tert-OH is 1. The second-order valence-electron chi connectivity index (χ2n) is 6.33. The van der Waals surface area contributed by atoms with E-state index in [0.717, 1.165) is 19.5 Å². The summed E-state index contributed by atoms with van der Waals surface area (Å²) in [6.45, 7) is 10.1. The standard InChI is InChI=1S/C16H28N2O/c1-13(19)10-11-18(5)15-8-6-14(7-9-15)12-17-16(2,3)4/h6-9,13,17,19H,10-12H2,1-5H3. The Labute approximate surface area is 117 Å². The van der Waals surface area contributed by atoms with Crippen molar-refractivity contribution in [1.82, 2.24) is 5.32 Å². The predicted molar refractivity (Wildman–Crippen MR) is 82.6 cm³/mol. The van der Waals surface area contributed by atoms with Gasteiger partial charge in [-0.15, -0.1) is 0 Å². The summed E-state index contributed by atoms with van der Waals surface area (Å²) in [5.74, 6) is 0. The van der Waals surface area contributed by atoms with Crippen LogP contribution < -0.4 is 10.2 Å². The molecule has 1 aromatic carbocycles. The van der Waals surface area contributed by atoms with Gasteiger partial charge in [0.1, 0.15) is 0 Å². The lowest BCUT2D eigenvalue weighted by molar-refractivity contribution is 0.187. The molecule has 0 radical (unpaired) electrons. The number of hydrogen-bond acceptors (Lipinski definition) is 3. The van der Waals surface area contributed by atoms with Crippen LogP contribution in [0.5, 0.6) is 0 Å². The van der Waals surface area contributed by atoms with E-state index in [1.165, 1.54) is 11.3 Å². The SMILES string of the molecule is CC(O)CCN(C)c1ccc(CNC(C)(C)C)cc1. The van der Waals surface area contributed by atoms with Crippen LogP contribution in [0.4, 0.5) is 5.69 Å². The van der Waals surface area contributed by atoms with Crippen molar-refractivity contribution in [3.8, 4) is 0 Å². The van der Waals surface area contributed by atoms with Gasteiger partial charge >= 0.3 is 0 Å². The van der Waals surface area contributed by atoms with Crippen molar-refractivity contribution >= 4 is 5.69 Å². The Balaban J connectivity index is 2.51. The van der Waals surface area contributed by atoms with Crippen molar-refractivity contribution in [2.45, 2.75) is 52.3 Å². The summed E-state index contributed by atoms with van der Waals surface area (Å²) >= 11 is 0. The summed E-state index contributed by atoms with van der Waals surface area (Å²) in [5, 5.41) is 12.8. The molecule has 0 heterocycles. The predicted octanol–water partition coefficient (Wildman–Crippen LogP) is 2.78. The summed E-state index contributed by atoms with van der Waals surface area (Å²) in [4.78, 5) is 2.17. The summed E-state index contributed by atoms with van der Waals surface area (Å²) in [5.41, 5.74) is 2.63. The maximum atomic E-state index is 9.30. The van der Waals surface area contributed by atoms with E-state index in [4.69, 9.17) is 0 Å². The lowest BCUT2D eigenvalue weighted by Gasteiger charge is -2.22. The first-order valence-corrected chi connectivity index (χ1v) is 7.01. The molecule has 0 spiro atoms. The molecule has 0 fully saturated rings. The molecule has 2 N–H and O–H groups in total. The fourth-order valence-electron chi connectivity index (χ4n) is 1.75. The zero-order valence-corrected chi connectivity index (χ0v) is 12.9. The number of aliphatic hydroxyl groups is 1. The van der Waals surface area contributed by atoms with Gasteiger partial charge in [0.05, 0.1) is 6.10 Å². The topological polar surface area (TPSA) is 35.5 Å². The van der Waals surface area contributed by atoms with E-state index in [1.807, 2.05) is 6.92 Å². The van der Waals surface area contributed by atoms with Gasteiger partial charge in [-0.2, -0.15) is 0 Å². The van der Waals surface area contributed by atoms with E-state index >= 15 is 0 Å². The van der Waals surface area contributed by atoms with Crippen molar-refractivity contribution in [3.05, 3.63) is 29.8 Å². The van der Waals surface area contributed by atoms with Gasteiger partial charge in [0, 0.05) is 31.4 Å². The van der Waals surface area contributed by atoms with Crippen LogP contribution in [0, 0.1) is 0 Å². The molecular weight excluding hydrogens is 236 g/mol. The molecule has 1 atom stereocenters. The van der Waals surface area contributed by atoms with Crippen molar-refractivity contribution in [1.29, 1.82) is 0 Å². The minimum atomic E-state index is -0.238. The highest BCUT2D eigenvalue weighted by molar-refractivity contribution is 5.46. The van der Waals surface area contributed by atoms with Crippen LogP contribution in [0.1, 0.15) is 39.7 Å². The number of anilines is 1. The maximum Gasteiger partial charge on any atom is 0.0528 e. The highest BCUT2D eigenvalue weighted by atomic mass is 16.3. The lowest BCUT2D eigenvalue weighted by Crippen LogP contribution is -2.35. The van der Waals surface area contributed by atoms with Crippen LogP contribution in [0.15, 0.2) is 24.3 Å². The molecule has 0 aliphatic carbocycles. The van der Waals surface area contributed by atoms with Crippen LogP contribution in [0.2, 0.25) is 0 Å². The fraction of sp³-hybridized carbons (Fsp3) is 0.625. The van der Waals surface area contributed by atoms with Crippen LogP contribution in [0.3, 0.4) is 0 Å². The molecular formula is C16H28N2O. The zero-order valence-electron chi connectivity index (χ0n) is 12.9. The van der Waals surface area contributed by atoms with Gasteiger partial charge in [0.25, 0.3) is 0 Å². The molecule has 1 aromatic rings. The monoisotopic (exact) mass is 264 g/mol. The van der Waals surface area contributed by atoms with Gasteiger partial charge < -0.3 is 15.3 Å². The van der Waals surface area contributed by atoms with Gasteiger partial charge in [-0.25, -0.2) is 0 Å². The molecule has 0 amide bonds. The normalized spacial score (nSPS) is 13.4. The first-order chi connectivity index (χ1) is 8.78. The highest BCUT2D eigenvalue weighted by Gasteiger charge is 2.08. The molecule has 0 aliphatic rings. The van der Waals surface area contributed by atoms with Gasteiger partial charge in [-0.1, -0.05) is 12.1 Å². The molecule has 0 saturated carbocycles. The molecule has 0 bridgehead atoms. The minimum Gasteiger partial charge on any atom is -0.393 e. The van der Waals surface area contributed by atoms with Gasteiger partial charge in [-0.3, -0.25) is 0 Å². The Morgan fingerprint density at radius 1 is 1.21 bits per heavy atom. The molecule has 0 aromatic heterocycles. The minimum absolute atomic E-state index is 0.146. The van der Waals surface area contributed by atoms with Crippen LogP contribution in [0.25, 0.3) is 0 Å². The van der Waals surface area contributed by atoms with E-state index in [9.17, 15) is 5.11 Å². The smallest absolute Gasteiger partial charge is 0.0528 e. The summed E-state index contributed by atoms with van der Waals surface area (Å²) in [7, 11) is 2.06. The third-order valence-corrected chi connectivity index (χ3v) is 3.08. The Hall–Kier alpha value is -1.06. The van der Waals surface area contributed by atoms with Crippen LogP contribution in [-0.4, -0.2) is 30.3 Å². The molecule has 1 unspecified atom stereocenters. The molecule has 0 aliphatic heterocycles. The average molecular weight is 264 g/mol. The average Bonchev–Trinajstić information content (AvgIpc) is 2.33. The Bertz CT molecular complexity index is 365. The third-order valence-electron chi connectivity index (χ3n) is 3.08. The Kier molecular flexibility index (Phi) is 5.83. The van der Waals surface area contributed by atoms with Crippen molar-refractivity contribution < 1.29 is 5.11 Å². The van der Waals surface area contributed by atoms with Crippen molar-refractivity contribution in [2.24, 2.45) is 0 Å². The Morgan fingerprint density at radius 3 is 2.26 bits per heavy atom. The van der Waals surface area contributed by atoms with Gasteiger partial charge in [0.15, 0.2) is 0 Å². The number of benzene rings is 1. The number of hydrogen-bond donors (Lipinski definition) is 2. The van der Waals surface area contributed by atoms with Crippen LogP contribution in [-0.2, 0) is 6.54 Å². The summed E-state index contributed by atoms with van der Waals surface area (Å²) < 4.78 is 0. The summed E-state index contributed by atoms with van der Waals surface area (Å²) in [6.07, 6.45) is 0.557. The zero-order chi connectivity index (χ0) is 14.5. The van der Waals surface area contributed by atoms with E-state index in [2.05, 4.69) is 62.3 Å². The lowest BCUT2D eigenvalue weighted by atomic mass is 10.1. The molecule has 3 heteroatoms. The van der Waals surface area contributed by atoms with E-state index in [-0.39, 0.29) is 11.6 Å². The highest BCUT2D eigenvalue weighted by Crippen LogP contribution is 2.15. The fourth-order valence-corrected chi connectivity index (χ4v) is 1.75. The number of nitrogens with one attached hydrogen (secondary N) is 1. The van der Waals surface area contributed by atoms with E-state index in [0.29, 0.717) is 0 Å². The van der Waals surface area contributed by atoms with Gasteiger partial charge in [-0.05, 0) is 51.8 Å². The molecule has 1 rings (SSSR count). The van der Waals surface area contributed by atoms with E-state index < -0.39 is 0 Å². The van der Waals surface area contributed by atoms with Crippen LogP contribution >= 0.6 is 0 Å². The van der Waals surface area contributed by atoms with Gasteiger partial charge in [0.2, 0.25) is 0 Å². The number of nitrogens with zero attached hydrogens (tertiary/aromatic N) is 1. The molecule has 19 heavy (non-hydrogen) atoms.